The average molecular weight is 360 g/mol. The Hall–Kier alpha value is -1.31. The molecule has 128 valence electrons. The van der Waals surface area contributed by atoms with E-state index in [-0.39, 0.29) is 24.1 Å². The van der Waals surface area contributed by atoms with Gasteiger partial charge in [-0.3, -0.25) is 4.79 Å². The van der Waals surface area contributed by atoms with Crippen LogP contribution in [0.4, 0.5) is 4.79 Å². The number of carbonyl (C=O) groups is 2. The summed E-state index contributed by atoms with van der Waals surface area (Å²) in [7, 11) is 0. The van der Waals surface area contributed by atoms with E-state index in [1.165, 1.54) is 11.3 Å². The summed E-state index contributed by atoms with van der Waals surface area (Å²) in [5, 5.41) is 2.93. The number of likely N-dealkylation sites (tertiary alicyclic amines) is 1. The summed E-state index contributed by atoms with van der Waals surface area (Å²) < 4.78 is 5.81. The zero-order valence-corrected chi connectivity index (χ0v) is 14.7. The Morgan fingerprint density at radius 2 is 2.30 bits per heavy atom. The number of nitrogens with one attached hydrogen (secondary N) is 1. The number of ether oxygens (including phenoxy) is 1. The Labute approximate surface area is 144 Å². The molecule has 1 aromatic rings. The van der Waals surface area contributed by atoms with E-state index >= 15 is 0 Å². The van der Waals surface area contributed by atoms with Gasteiger partial charge in [-0.2, -0.15) is 0 Å². The van der Waals surface area contributed by atoms with Crippen LogP contribution in [0.25, 0.3) is 0 Å². The molecule has 1 aromatic heterocycles. The van der Waals surface area contributed by atoms with Crippen LogP contribution < -0.4 is 11.1 Å². The van der Waals surface area contributed by atoms with Crippen LogP contribution in [-0.4, -0.2) is 48.7 Å². The van der Waals surface area contributed by atoms with E-state index in [0.29, 0.717) is 35.3 Å². The van der Waals surface area contributed by atoms with Crippen LogP contribution in [0.15, 0.2) is 12.1 Å². The predicted octanol–water partition coefficient (Wildman–Crippen LogP) is 2.47. The molecule has 0 spiro atoms. The average Bonchev–Trinajstić information content (AvgIpc) is 3.13. The first-order valence-corrected chi connectivity index (χ1v) is 8.94. The lowest BCUT2D eigenvalue weighted by atomic mass is 10.1. The van der Waals surface area contributed by atoms with Crippen LogP contribution in [-0.2, 0) is 4.74 Å². The lowest BCUT2D eigenvalue weighted by Gasteiger charge is -2.22. The van der Waals surface area contributed by atoms with Gasteiger partial charge < -0.3 is 20.7 Å². The Kier molecular flexibility index (Phi) is 6.68. The summed E-state index contributed by atoms with van der Waals surface area (Å²) in [5.41, 5.74) is 5.75. The standard InChI is InChI=1S/C15H22ClN3O3S/c1-2-3-6-22-15(21)19-9-10(7-11(19)8-17)18-14(20)12-4-5-13(16)23-12/h4-5,10-11H,2-3,6-9,17H2,1H3,(H,18,20)/t10-,11+/m1/s1. The molecule has 0 bridgehead atoms. The molecule has 0 saturated carbocycles. The molecule has 0 radical (unpaired) electrons. The highest BCUT2D eigenvalue weighted by molar-refractivity contribution is 7.17. The van der Waals surface area contributed by atoms with Crippen LogP contribution in [0.2, 0.25) is 4.34 Å². The fraction of sp³-hybridized carbons (Fsp3) is 0.600. The van der Waals surface area contributed by atoms with Crippen LogP contribution in [0.1, 0.15) is 35.9 Å². The van der Waals surface area contributed by atoms with Crippen molar-refractivity contribution in [3.05, 3.63) is 21.3 Å². The van der Waals surface area contributed by atoms with Gasteiger partial charge >= 0.3 is 6.09 Å². The van der Waals surface area contributed by atoms with Gasteiger partial charge in [0, 0.05) is 25.2 Å². The fourth-order valence-electron chi connectivity index (χ4n) is 2.55. The molecular weight excluding hydrogens is 338 g/mol. The maximum absolute atomic E-state index is 12.2. The van der Waals surface area contributed by atoms with E-state index in [1.807, 2.05) is 6.92 Å². The second kappa shape index (κ2) is 8.52. The van der Waals surface area contributed by atoms with Crippen molar-refractivity contribution in [3.63, 3.8) is 0 Å². The quantitative estimate of drug-likeness (QED) is 0.764. The molecule has 3 N–H and O–H groups in total. The van der Waals surface area contributed by atoms with Crippen LogP contribution >= 0.6 is 22.9 Å². The fourth-order valence-corrected chi connectivity index (χ4v) is 3.49. The Morgan fingerprint density at radius 1 is 1.52 bits per heavy atom. The van der Waals surface area contributed by atoms with Gasteiger partial charge in [-0.1, -0.05) is 24.9 Å². The second-order valence-corrected chi connectivity index (χ2v) is 7.23. The van der Waals surface area contributed by atoms with Gasteiger partial charge in [0.2, 0.25) is 0 Å². The number of amides is 2. The molecule has 2 rings (SSSR count). The molecule has 2 atom stereocenters. The minimum absolute atomic E-state index is 0.110. The minimum Gasteiger partial charge on any atom is -0.449 e. The molecule has 23 heavy (non-hydrogen) atoms. The smallest absolute Gasteiger partial charge is 0.410 e. The highest BCUT2D eigenvalue weighted by atomic mass is 35.5. The third-order valence-electron chi connectivity index (χ3n) is 3.78. The highest BCUT2D eigenvalue weighted by Crippen LogP contribution is 2.23. The zero-order chi connectivity index (χ0) is 16.8. The molecular formula is C15H22ClN3O3S. The number of nitrogens with two attached hydrogens (primary N) is 1. The third-order valence-corrected chi connectivity index (χ3v) is 5.01. The largest absolute Gasteiger partial charge is 0.449 e. The number of thiophene rings is 1. The number of halogens is 1. The molecule has 2 heterocycles. The van der Waals surface area contributed by atoms with Gasteiger partial charge in [-0.05, 0) is 25.0 Å². The number of carbonyl (C=O) groups excluding carboxylic acids is 2. The first-order chi connectivity index (χ1) is 11.0. The van der Waals surface area contributed by atoms with Crippen molar-refractivity contribution in [2.45, 2.75) is 38.3 Å². The molecule has 0 aromatic carbocycles. The van der Waals surface area contributed by atoms with Gasteiger partial charge in [0.15, 0.2) is 0 Å². The molecule has 8 heteroatoms. The zero-order valence-electron chi connectivity index (χ0n) is 13.1. The molecule has 0 unspecified atom stereocenters. The molecule has 6 nitrogen and oxygen atoms in total. The Balaban J connectivity index is 1.90. The number of rotatable bonds is 6. The van der Waals surface area contributed by atoms with Gasteiger partial charge in [0.25, 0.3) is 5.91 Å². The summed E-state index contributed by atoms with van der Waals surface area (Å²) in [4.78, 5) is 26.5. The van der Waals surface area contributed by atoms with Crippen molar-refractivity contribution >= 4 is 34.9 Å². The van der Waals surface area contributed by atoms with Crippen molar-refractivity contribution in [1.29, 1.82) is 0 Å². The predicted molar refractivity (Wildman–Crippen MR) is 91.0 cm³/mol. The summed E-state index contributed by atoms with van der Waals surface area (Å²) in [6.07, 6.45) is 2.08. The minimum atomic E-state index is -0.357. The van der Waals surface area contributed by atoms with E-state index < -0.39 is 0 Å². The van der Waals surface area contributed by atoms with Crippen molar-refractivity contribution in [2.75, 3.05) is 19.7 Å². The van der Waals surface area contributed by atoms with Crippen LogP contribution in [0, 0.1) is 0 Å². The maximum Gasteiger partial charge on any atom is 0.410 e. The topological polar surface area (TPSA) is 84.7 Å². The molecule has 1 aliphatic rings. The number of hydrogen-bond acceptors (Lipinski definition) is 5. The van der Waals surface area contributed by atoms with Gasteiger partial charge in [0.1, 0.15) is 0 Å². The molecule has 2 amide bonds. The number of unbranched alkanes of at least 4 members (excludes halogenated alkanes) is 1. The van der Waals surface area contributed by atoms with E-state index in [0.717, 1.165) is 12.8 Å². The summed E-state index contributed by atoms with van der Waals surface area (Å²) in [5.74, 6) is -0.177. The van der Waals surface area contributed by atoms with Crippen molar-refractivity contribution in [1.82, 2.24) is 10.2 Å². The van der Waals surface area contributed by atoms with Crippen LogP contribution in [0.3, 0.4) is 0 Å². The third kappa shape index (κ3) is 4.83. The summed E-state index contributed by atoms with van der Waals surface area (Å²) in [6, 6.07) is 3.14. The molecule has 1 fully saturated rings. The molecule has 1 aliphatic heterocycles. The first kappa shape index (κ1) is 18.0. The van der Waals surface area contributed by atoms with Crippen molar-refractivity contribution < 1.29 is 14.3 Å². The normalized spacial score (nSPS) is 20.6. The summed E-state index contributed by atoms with van der Waals surface area (Å²) >= 11 is 7.07. The van der Waals surface area contributed by atoms with E-state index in [9.17, 15) is 9.59 Å². The SMILES string of the molecule is CCCCOC(=O)N1C[C@H](NC(=O)c2ccc(Cl)s2)C[C@H]1CN. The van der Waals surface area contributed by atoms with E-state index in [2.05, 4.69) is 5.32 Å². The second-order valence-electron chi connectivity index (χ2n) is 5.52. The lowest BCUT2D eigenvalue weighted by molar-refractivity contribution is 0.0917. The van der Waals surface area contributed by atoms with E-state index in [4.69, 9.17) is 22.1 Å². The number of hydrogen-bond donors (Lipinski definition) is 2. The molecule has 1 saturated heterocycles. The maximum atomic E-state index is 12.2. The number of nitrogens with zero attached hydrogens (tertiary/aromatic N) is 1. The van der Waals surface area contributed by atoms with Crippen molar-refractivity contribution in [2.24, 2.45) is 5.73 Å². The van der Waals surface area contributed by atoms with Crippen LogP contribution in [0.5, 0.6) is 0 Å². The van der Waals surface area contributed by atoms with Gasteiger partial charge in [-0.25, -0.2) is 4.79 Å². The Bertz CT molecular complexity index is 552. The first-order valence-electron chi connectivity index (χ1n) is 7.74. The van der Waals surface area contributed by atoms with Gasteiger partial charge in [-0.15, -0.1) is 11.3 Å². The van der Waals surface area contributed by atoms with Gasteiger partial charge in [0.05, 0.1) is 15.8 Å². The van der Waals surface area contributed by atoms with E-state index in [1.54, 1.807) is 17.0 Å². The Morgan fingerprint density at radius 3 is 2.91 bits per heavy atom. The van der Waals surface area contributed by atoms with Crippen molar-refractivity contribution in [3.8, 4) is 0 Å². The highest BCUT2D eigenvalue weighted by Gasteiger charge is 2.36. The molecule has 0 aliphatic carbocycles. The monoisotopic (exact) mass is 359 g/mol. The summed E-state index contributed by atoms with van der Waals surface area (Å²) in [6.45, 7) is 3.21. The lowest BCUT2D eigenvalue weighted by Crippen LogP contribution is -2.41.